The van der Waals surface area contributed by atoms with Crippen molar-refractivity contribution >= 4 is 29.5 Å². The van der Waals surface area contributed by atoms with E-state index in [-0.39, 0.29) is 17.2 Å². The Bertz CT molecular complexity index is 719. The summed E-state index contributed by atoms with van der Waals surface area (Å²) in [6.45, 7) is 8.10. The van der Waals surface area contributed by atoms with E-state index in [4.69, 9.17) is 14.0 Å². The lowest BCUT2D eigenvalue weighted by molar-refractivity contribution is 0.00578. The number of hydrogen-bond donors (Lipinski definition) is 1. The molecule has 3 rings (SSSR count). The van der Waals surface area contributed by atoms with Crippen LogP contribution in [0.15, 0.2) is 24.3 Å². The molecule has 22 heavy (non-hydrogen) atoms. The molecule has 0 radical (unpaired) electrons. The van der Waals surface area contributed by atoms with Gasteiger partial charge in [0, 0.05) is 5.52 Å². The van der Waals surface area contributed by atoms with Crippen molar-refractivity contribution < 1.29 is 18.8 Å². The lowest BCUT2D eigenvalue weighted by Crippen LogP contribution is -2.41. The highest BCUT2D eigenvalue weighted by molar-refractivity contribution is 6.62. The monoisotopic (exact) mass is 301 g/mol. The summed E-state index contributed by atoms with van der Waals surface area (Å²) in [5.41, 5.74) is 1.50. The van der Waals surface area contributed by atoms with Gasteiger partial charge in [0.15, 0.2) is 0 Å². The minimum absolute atomic E-state index is 0.373. The predicted octanol–water partition coefficient (Wildman–Crippen LogP) is 2.25. The SMILES string of the molecule is COC(=O)c1cc2cc(B3OC(C)(C)C(C)(C)O3)ccc2[nH]1. The van der Waals surface area contributed by atoms with Crippen LogP contribution < -0.4 is 5.46 Å². The zero-order chi connectivity index (χ0) is 16.1. The standard InChI is InChI=1S/C16H20BNO4/c1-15(2)16(3,4)22-17(21-15)11-6-7-12-10(8-11)9-13(18-12)14(19)20-5/h6-9,18H,1-5H3. The number of methoxy groups -OCH3 is 1. The summed E-state index contributed by atoms with van der Waals surface area (Å²) in [5, 5.41) is 0.924. The first-order valence-corrected chi connectivity index (χ1v) is 7.30. The average Bonchev–Trinajstić information content (AvgIpc) is 2.96. The van der Waals surface area contributed by atoms with Gasteiger partial charge in [0.1, 0.15) is 5.69 Å². The van der Waals surface area contributed by atoms with E-state index in [0.717, 1.165) is 16.4 Å². The first-order chi connectivity index (χ1) is 10.2. The highest BCUT2D eigenvalue weighted by Crippen LogP contribution is 2.36. The van der Waals surface area contributed by atoms with Crippen LogP contribution in [0.25, 0.3) is 10.9 Å². The summed E-state index contributed by atoms with van der Waals surface area (Å²) in [5.74, 6) is -0.381. The number of nitrogens with one attached hydrogen (secondary N) is 1. The number of rotatable bonds is 2. The minimum atomic E-state index is -0.411. The summed E-state index contributed by atoms with van der Waals surface area (Å²) in [4.78, 5) is 14.6. The molecule has 0 amide bonds. The summed E-state index contributed by atoms with van der Waals surface area (Å²) in [7, 11) is 0.953. The lowest BCUT2D eigenvalue weighted by Gasteiger charge is -2.32. The Labute approximate surface area is 130 Å². The molecule has 0 bridgehead atoms. The van der Waals surface area contributed by atoms with Crippen LogP contribution in [0.4, 0.5) is 0 Å². The predicted molar refractivity (Wildman–Crippen MR) is 85.4 cm³/mol. The molecule has 0 aliphatic carbocycles. The van der Waals surface area contributed by atoms with Gasteiger partial charge < -0.3 is 19.0 Å². The second kappa shape index (κ2) is 4.86. The van der Waals surface area contributed by atoms with Crippen molar-refractivity contribution in [2.24, 2.45) is 0 Å². The van der Waals surface area contributed by atoms with Gasteiger partial charge in [0.2, 0.25) is 0 Å². The van der Waals surface area contributed by atoms with Gasteiger partial charge in [-0.05, 0) is 50.7 Å². The Hall–Kier alpha value is -1.79. The number of esters is 1. The van der Waals surface area contributed by atoms with Gasteiger partial charge in [-0.2, -0.15) is 0 Å². The van der Waals surface area contributed by atoms with E-state index in [1.54, 1.807) is 6.07 Å². The van der Waals surface area contributed by atoms with Gasteiger partial charge in [0.25, 0.3) is 0 Å². The first-order valence-electron chi connectivity index (χ1n) is 7.30. The Morgan fingerprint density at radius 3 is 2.36 bits per heavy atom. The molecule has 2 aromatic rings. The fraction of sp³-hybridized carbons (Fsp3) is 0.438. The van der Waals surface area contributed by atoms with E-state index < -0.39 is 7.12 Å². The van der Waals surface area contributed by atoms with E-state index in [0.29, 0.717) is 5.69 Å². The summed E-state index contributed by atoms with van der Waals surface area (Å²) >= 11 is 0. The molecular weight excluding hydrogens is 281 g/mol. The molecule has 1 saturated heterocycles. The smallest absolute Gasteiger partial charge is 0.464 e. The molecule has 0 atom stereocenters. The number of H-pyrrole nitrogens is 1. The molecule has 2 heterocycles. The highest BCUT2D eigenvalue weighted by Gasteiger charge is 2.51. The molecule has 116 valence electrons. The molecular formula is C16H20BNO4. The van der Waals surface area contributed by atoms with E-state index in [2.05, 4.69) is 4.98 Å². The number of carbonyl (C=O) groups excluding carboxylic acids is 1. The fourth-order valence-corrected chi connectivity index (χ4v) is 2.50. The maximum absolute atomic E-state index is 11.6. The van der Waals surface area contributed by atoms with E-state index >= 15 is 0 Å². The third kappa shape index (κ3) is 2.32. The Kier molecular flexibility index (Phi) is 3.34. The number of aromatic amines is 1. The second-order valence-corrected chi connectivity index (χ2v) is 6.61. The third-order valence-corrected chi connectivity index (χ3v) is 4.58. The molecule has 6 heteroatoms. The van der Waals surface area contributed by atoms with Crippen LogP contribution in [0.2, 0.25) is 0 Å². The average molecular weight is 301 g/mol. The maximum Gasteiger partial charge on any atom is 0.494 e. The molecule has 1 aliphatic heterocycles. The van der Waals surface area contributed by atoms with Crippen LogP contribution in [0, 0.1) is 0 Å². The zero-order valence-corrected chi connectivity index (χ0v) is 13.5. The molecule has 1 fully saturated rings. The van der Waals surface area contributed by atoms with Gasteiger partial charge in [-0.3, -0.25) is 0 Å². The van der Waals surface area contributed by atoms with Crippen molar-refractivity contribution in [3.63, 3.8) is 0 Å². The third-order valence-electron chi connectivity index (χ3n) is 4.58. The van der Waals surface area contributed by atoms with E-state index in [9.17, 15) is 4.79 Å². The number of hydrogen-bond acceptors (Lipinski definition) is 4. The van der Waals surface area contributed by atoms with Gasteiger partial charge >= 0.3 is 13.1 Å². The second-order valence-electron chi connectivity index (χ2n) is 6.61. The van der Waals surface area contributed by atoms with Crippen LogP contribution in [-0.4, -0.2) is 36.4 Å². The Balaban J connectivity index is 1.95. The largest absolute Gasteiger partial charge is 0.494 e. The van der Waals surface area contributed by atoms with Crippen LogP contribution in [-0.2, 0) is 14.0 Å². The van der Waals surface area contributed by atoms with Crippen molar-refractivity contribution in [2.45, 2.75) is 38.9 Å². The number of carbonyl (C=O) groups is 1. The Morgan fingerprint density at radius 1 is 1.14 bits per heavy atom. The zero-order valence-electron chi connectivity index (χ0n) is 13.5. The molecule has 0 saturated carbocycles. The van der Waals surface area contributed by atoms with Gasteiger partial charge in [-0.1, -0.05) is 12.1 Å². The van der Waals surface area contributed by atoms with Gasteiger partial charge in [-0.25, -0.2) is 4.79 Å². The quantitative estimate of drug-likeness (QED) is 0.683. The van der Waals surface area contributed by atoms with Crippen molar-refractivity contribution in [3.05, 3.63) is 30.0 Å². The summed E-state index contributed by atoms with van der Waals surface area (Å²) < 4.78 is 16.8. The molecule has 1 aliphatic rings. The lowest BCUT2D eigenvalue weighted by atomic mass is 9.79. The topological polar surface area (TPSA) is 60.6 Å². The van der Waals surface area contributed by atoms with Crippen molar-refractivity contribution in [1.82, 2.24) is 4.98 Å². The molecule has 1 N–H and O–H groups in total. The van der Waals surface area contributed by atoms with Crippen LogP contribution in [0.3, 0.4) is 0 Å². The number of aromatic nitrogens is 1. The summed E-state index contributed by atoms with van der Waals surface area (Å²) in [6, 6.07) is 7.61. The minimum Gasteiger partial charge on any atom is -0.464 e. The van der Waals surface area contributed by atoms with Gasteiger partial charge in [0.05, 0.1) is 18.3 Å². The highest BCUT2D eigenvalue weighted by atomic mass is 16.7. The van der Waals surface area contributed by atoms with E-state index in [1.807, 2.05) is 45.9 Å². The van der Waals surface area contributed by atoms with Gasteiger partial charge in [-0.15, -0.1) is 0 Å². The molecule has 1 aromatic heterocycles. The molecule has 1 aromatic carbocycles. The fourth-order valence-electron chi connectivity index (χ4n) is 2.50. The van der Waals surface area contributed by atoms with Crippen molar-refractivity contribution in [1.29, 1.82) is 0 Å². The normalized spacial score (nSPS) is 19.6. The first kappa shape index (κ1) is 15.1. The number of ether oxygens (including phenoxy) is 1. The van der Waals surface area contributed by atoms with Crippen molar-refractivity contribution in [3.8, 4) is 0 Å². The number of benzene rings is 1. The number of fused-ring (bicyclic) bond motifs is 1. The Morgan fingerprint density at radius 2 is 1.77 bits per heavy atom. The van der Waals surface area contributed by atoms with Crippen LogP contribution in [0.5, 0.6) is 0 Å². The van der Waals surface area contributed by atoms with E-state index in [1.165, 1.54) is 7.11 Å². The molecule has 5 nitrogen and oxygen atoms in total. The molecule has 0 unspecified atom stereocenters. The molecule has 0 spiro atoms. The van der Waals surface area contributed by atoms with Crippen LogP contribution in [0.1, 0.15) is 38.2 Å². The van der Waals surface area contributed by atoms with Crippen LogP contribution >= 0.6 is 0 Å². The van der Waals surface area contributed by atoms with Crippen molar-refractivity contribution in [2.75, 3.05) is 7.11 Å². The summed E-state index contributed by atoms with van der Waals surface area (Å²) in [6.07, 6.45) is 0. The maximum atomic E-state index is 11.6.